The first-order valence-electron chi connectivity index (χ1n) is 13.4. The number of piperazine rings is 1. The molecule has 4 aromatic rings. The molecule has 0 saturated carbocycles. The third-order valence-electron chi connectivity index (χ3n) is 7.88. The topological polar surface area (TPSA) is 104 Å². The fourth-order valence-electron chi connectivity index (χ4n) is 5.65. The lowest BCUT2D eigenvalue weighted by Crippen LogP contribution is -2.48. The Balaban J connectivity index is 1.47. The molecule has 4 heterocycles. The number of nitrogen functional groups attached to an aromatic ring is 1. The number of amides is 1. The van der Waals surface area contributed by atoms with E-state index >= 15 is 4.39 Å². The van der Waals surface area contributed by atoms with Gasteiger partial charge in [-0.2, -0.15) is 4.98 Å². The van der Waals surface area contributed by atoms with E-state index < -0.39 is 11.6 Å². The maximum absolute atomic E-state index is 16.6. The molecule has 41 heavy (non-hydrogen) atoms. The van der Waals surface area contributed by atoms with Gasteiger partial charge in [-0.25, -0.2) is 18.7 Å². The zero-order chi connectivity index (χ0) is 28.8. The van der Waals surface area contributed by atoms with Crippen molar-refractivity contribution in [3.63, 3.8) is 0 Å². The average Bonchev–Trinajstić information content (AvgIpc) is 3.57. The number of nitrogens with one attached hydrogen (secondary N) is 1. The number of halogens is 3. The highest BCUT2D eigenvalue weighted by molar-refractivity contribution is 7.22. The van der Waals surface area contributed by atoms with Crippen LogP contribution in [-0.4, -0.2) is 83.0 Å². The average molecular weight is 599 g/mol. The molecule has 3 N–H and O–H groups in total. The highest BCUT2D eigenvalue weighted by Crippen LogP contribution is 2.42. The van der Waals surface area contributed by atoms with Crippen LogP contribution in [0.5, 0.6) is 0 Å². The number of anilines is 3. The molecule has 2 aliphatic rings. The molecular formula is C28H29ClF2N8OS. The van der Waals surface area contributed by atoms with Crippen LogP contribution >= 0.6 is 22.9 Å². The quantitative estimate of drug-likeness (QED) is 0.306. The number of carbonyl (C=O) groups is 1. The number of hydrogen-bond donors (Lipinski definition) is 2. The highest BCUT2D eigenvalue weighted by Gasteiger charge is 2.27. The van der Waals surface area contributed by atoms with E-state index in [2.05, 4.69) is 33.8 Å². The number of hydrogen-bond acceptors (Lipinski definition) is 9. The Morgan fingerprint density at radius 2 is 1.98 bits per heavy atom. The van der Waals surface area contributed by atoms with Crippen molar-refractivity contribution in [3.8, 4) is 11.1 Å². The summed E-state index contributed by atoms with van der Waals surface area (Å²) in [6, 6.07) is 4.68. The van der Waals surface area contributed by atoms with Crippen molar-refractivity contribution in [3.05, 3.63) is 47.5 Å². The number of nitrogens with zero attached hydrogens (tertiary/aromatic N) is 6. The maximum atomic E-state index is 16.6. The maximum Gasteiger partial charge on any atom is 0.246 e. The summed E-state index contributed by atoms with van der Waals surface area (Å²) in [6.07, 6.45) is 3.47. The van der Waals surface area contributed by atoms with E-state index in [-0.39, 0.29) is 37.4 Å². The van der Waals surface area contributed by atoms with Gasteiger partial charge >= 0.3 is 0 Å². The minimum atomic E-state index is -0.655. The first-order valence-corrected chi connectivity index (χ1v) is 14.6. The van der Waals surface area contributed by atoms with Crippen LogP contribution in [0.25, 0.3) is 32.2 Å². The van der Waals surface area contributed by atoms with Gasteiger partial charge in [0.2, 0.25) is 11.9 Å². The Bertz CT molecular complexity index is 1670. The summed E-state index contributed by atoms with van der Waals surface area (Å²) in [6.45, 7) is 7.14. The number of carbonyl (C=O) groups excluding carboxylic acids is 1. The predicted octanol–water partition coefficient (Wildman–Crippen LogP) is 4.76. The van der Waals surface area contributed by atoms with Crippen molar-refractivity contribution >= 4 is 66.9 Å². The molecule has 0 spiro atoms. The number of likely N-dealkylation sites (tertiary alicyclic amines) is 1. The lowest BCUT2D eigenvalue weighted by molar-refractivity contribution is -0.126. The van der Waals surface area contributed by atoms with E-state index in [1.165, 1.54) is 18.2 Å². The zero-order valence-electron chi connectivity index (χ0n) is 22.5. The van der Waals surface area contributed by atoms with Crippen LogP contribution in [0.2, 0.25) is 5.02 Å². The molecule has 0 unspecified atom stereocenters. The number of aromatic nitrogens is 3. The summed E-state index contributed by atoms with van der Waals surface area (Å²) in [5.74, 6) is -0.453. The summed E-state index contributed by atoms with van der Waals surface area (Å²) in [5, 5.41) is 4.06. The Morgan fingerprint density at radius 1 is 1.20 bits per heavy atom. The van der Waals surface area contributed by atoms with Crippen molar-refractivity contribution in [2.45, 2.75) is 18.9 Å². The number of rotatable bonds is 6. The Labute approximate surface area is 244 Å². The van der Waals surface area contributed by atoms with Gasteiger partial charge in [-0.3, -0.25) is 4.79 Å². The Morgan fingerprint density at radius 3 is 2.68 bits per heavy atom. The molecule has 2 aliphatic heterocycles. The van der Waals surface area contributed by atoms with E-state index in [1.807, 2.05) is 4.90 Å². The molecule has 2 saturated heterocycles. The summed E-state index contributed by atoms with van der Waals surface area (Å²) < 4.78 is 31.3. The van der Waals surface area contributed by atoms with Gasteiger partial charge in [-0.05, 0) is 50.7 Å². The van der Waals surface area contributed by atoms with E-state index in [0.717, 1.165) is 30.7 Å². The lowest BCUT2D eigenvalue weighted by atomic mass is 10.0. The first-order chi connectivity index (χ1) is 19.7. The zero-order valence-corrected chi connectivity index (χ0v) is 24.0. The third-order valence-corrected chi connectivity index (χ3v) is 9.07. The van der Waals surface area contributed by atoms with Crippen LogP contribution in [0.1, 0.15) is 12.8 Å². The van der Waals surface area contributed by atoms with Crippen LogP contribution in [0.15, 0.2) is 30.9 Å². The molecule has 0 bridgehead atoms. The molecule has 214 valence electrons. The van der Waals surface area contributed by atoms with Gasteiger partial charge in [0.1, 0.15) is 17.2 Å². The number of benzene rings is 2. The SMILES string of the molecule is C=CC(=O)N1CCN(c2nc(NC[C@@H]3CCCN3C)nc3c(F)c(-c4ccc(F)c5sc(N)nc45)c(Cl)cc23)CC1. The Kier molecular flexibility index (Phi) is 7.39. The minimum absolute atomic E-state index is 0.0713. The molecule has 6 rings (SSSR count). The van der Waals surface area contributed by atoms with Gasteiger partial charge in [-0.15, -0.1) is 0 Å². The molecule has 2 aromatic carbocycles. The van der Waals surface area contributed by atoms with Gasteiger partial charge in [0.25, 0.3) is 0 Å². The predicted molar refractivity (Wildman–Crippen MR) is 161 cm³/mol. The highest BCUT2D eigenvalue weighted by atomic mass is 35.5. The van der Waals surface area contributed by atoms with E-state index in [4.69, 9.17) is 22.3 Å². The molecule has 0 radical (unpaired) electrons. The fourth-order valence-corrected chi connectivity index (χ4v) is 6.71. The first kappa shape index (κ1) is 27.6. The van der Waals surface area contributed by atoms with Gasteiger partial charge in [0.05, 0.1) is 15.2 Å². The number of likely N-dealkylation sites (N-methyl/N-ethyl adjacent to an activating group) is 1. The van der Waals surface area contributed by atoms with Crippen LogP contribution in [0.4, 0.5) is 25.7 Å². The summed E-state index contributed by atoms with van der Waals surface area (Å²) in [5.41, 5.74) is 6.60. The van der Waals surface area contributed by atoms with Gasteiger partial charge in [0, 0.05) is 55.3 Å². The second-order valence-electron chi connectivity index (χ2n) is 10.3. The smallest absolute Gasteiger partial charge is 0.246 e. The molecule has 9 nitrogen and oxygen atoms in total. The third kappa shape index (κ3) is 5.04. The number of fused-ring (bicyclic) bond motifs is 2. The van der Waals surface area contributed by atoms with Gasteiger partial charge in [-0.1, -0.05) is 29.5 Å². The van der Waals surface area contributed by atoms with E-state index in [1.54, 1.807) is 11.0 Å². The second-order valence-corrected chi connectivity index (χ2v) is 11.8. The van der Waals surface area contributed by atoms with Gasteiger partial charge in [0.15, 0.2) is 10.9 Å². The largest absolute Gasteiger partial charge is 0.375 e. The lowest BCUT2D eigenvalue weighted by Gasteiger charge is -2.35. The van der Waals surface area contributed by atoms with Crippen LogP contribution in [0, 0.1) is 11.6 Å². The minimum Gasteiger partial charge on any atom is -0.375 e. The molecule has 1 atom stereocenters. The van der Waals surface area contributed by atoms with Crippen LogP contribution in [-0.2, 0) is 4.79 Å². The van der Waals surface area contributed by atoms with Crippen LogP contribution < -0.4 is 16.0 Å². The van der Waals surface area contributed by atoms with Gasteiger partial charge < -0.3 is 25.8 Å². The molecule has 1 amide bonds. The van der Waals surface area contributed by atoms with E-state index in [9.17, 15) is 9.18 Å². The number of thiazole rings is 1. The monoisotopic (exact) mass is 598 g/mol. The molecular weight excluding hydrogens is 570 g/mol. The normalized spacial score (nSPS) is 18.0. The number of nitrogens with two attached hydrogens (primary N) is 1. The Hall–Kier alpha value is -3.61. The second kappa shape index (κ2) is 11.0. The van der Waals surface area contributed by atoms with Crippen molar-refractivity contribution in [2.24, 2.45) is 0 Å². The van der Waals surface area contributed by atoms with Crippen LogP contribution in [0.3, 0.4) is 0 Å². The standard InChI is InChI=1S/C28H29ClF2N8OS/c1-3-20(40)38-9-11-39(12-10-38)26-17-13-18(29)21(16-6-7-19(30)25-24(16)34-27(32)41-25)22(31)23(17)35-28(36-26)33-14-15-5-4-8-37(15)2/h3,6-7,13,15H,1,4-5,8-12,14H2,2H3,(H2,32,34)(H,33,35,36)/t15-/m0/s1. The molecule has 2 fully saturated rings. The van der Waals surface area contributed by atoms with Crippen molar-refractivity contribution < 1.29 is 13.6 Å². The van der Waals surface area contributed by atoms with Crippen molar-refractivity contribution in [1.82, 2.24) is 24.8 Å². The van der Waals surface area contributed by atoms with Crippen molar-refractivity contribution in [1.29, 1.82) is 0 Å². The molecule has 2 aromatic heterocycles. The molecule has 0 aliphatic carbocycles. The summed E-state index contributed by atoms with van der Waals surface area (Å²) >= 11 is 7.73. The van der Waals surface area contributed by atoms with E-state index in [0.29, 0.717) is 61.5 Å². The summed E-state index contributed by atoms with van der Waals surface area (Å²) in [4.78, 5) is 31.8. The summed E-state index contributed by atoms with van der Waals surface area (Å²) in [7, 11) is 2.08. The molecule has 13 heteroatoms. The fraction of sp³-hybridized carbons (Fsp3) is 0.357. The van der Waals surface area contributed by atoms with Crippen molar-refractivity contribution in [2.75, 3.05) is 62.3 Å².